The molecule has 0 saturated heterocycles. The molecule has 1 aliphatic carbocycles. The maximum atomic E-state index is 5.75. The molecule has 0 spiro atoms. The molecule has 2 N–H and O–H groups in total. The van der Waals surface area contributed by atoms with Crippen molar-refractivity contribution in [3.8, 4) is 5.75 Å². The highest BCUT2D eigenvalue weighted by Crippen LogP contribution is 2.28. The number of halogens is 1. The Hall–Kier alpha value is -1.83. The van der Waals surface area contributed by atoms with Gasteiger partial charge in [0.2, 0.25) is 0 Å². The summed E-state index contributed by atoms with van der Waals surface area (Å²) < 4.78 is 5.75. The molecule has 1 fully saturated rings. The van der Waals surface area contributed by atoms with Crippen molar-refractivity contribution in [1.29, 1.82) is 0 Å². The van der Waals surface area contributed by atoms with Crippen LogP contribution >= 0.6 is 24.0 Å². The number of hydrogen-bond acceptors (Lipinski definition) is 3. The van der Waals surface area contributed by atoms with Crippen molar-refractivity contribution >= 4 is 29.9 Å². The molecule has 5 nitrogen and oxygen atoms in total. The Bertz CT molecular complexity index is 676. The van der Waals surface area contributed by atoms with E-state index in [-0.39, 0.29) is 24.0 Å². The van der Waals surface area contributed by atoms with Crippen LogP contribution in [0.1, 0.15) is 24.6 Å². The van der Waals surface area contributed by atoms with Crippen molar-refractivity contribution in [2.24, 2.45) is 10.9 Å². The minimum absolute atomic E-state index is 0. The first-order chi connectivity index (χ1) is 11.7. The lowest BCUT2D eigenvalue weighted by Gasteiger charge is -2.12. The number of rotatable bonds is 6. The van der Waals surface area contributed by atoms with Gasteiger partial charge < -0.3 is 15.4 Å². The number of aliphatic imine (C=N–C) groups is 1. The Morgan fingerprint density at radius 2 is 2.00 bits per heavy atom. The molecule has 25 heavy (non-hydrogen) atoms. The molecule has 2 unspecified atom stereocenters. The van der Waals surface area contributed by atoms with Crippen LogP contribution < -0.4 is 15.4 Å². The molecule has 0 amide bonds. The van der Waals surface area contributed by atoms with Crippen LogP contribution in [0.2, 0.25) is 0 Å². The molecule has 0 bridgehead atoms. The molecule has 134 valence electrons. The molecule has 3 rings (SSSR count). The maximum Gasteiger partial charge on any atom is 0.191 e. The Balaban J connectivity index is 0.00000225. The Labute approximate surface area is 166 Å². The molecule has 1 heterocycles. The summed E-state index contributed by atoms with van der Waals surface area (Å²) in [7, 11) is 1.80. The zero-order valence-corrected chi connectivity index (χ0v) is 16.9. The molecule has 2 atom stereocenters. The van der Waals surface area contributed by atoms with E-state index < -0.39 is 0 Å². The lowest BCUT2D eigenvalue weighted by molar-refractivity contribution is 0.301. The summed E-state index contributed by atoms with van der Waals surface area (Å²) in [4.78, 5) is 8.51. The van der Waals surface area contributed by atoms with Crippen LogP contribution in [0, 0.1) is 5.92 Å². The first-order valence-electron chi connectivity index (χ1n) is 8.33. The zero-order valence-electron chi connectivity index (χ0n) is 14.6. The summed E-state index contributed by atoms with van der Waals surface area (Å²) in [6.45, 7) is 3.46. The predicted molar refractivity (Wildman–Crippen MR) is 111 cm³/mol. The van der Waals surface area contributed by atoms with Gasteiger partial charge in [-0.3, -0.25) is 9.98 Å². The Morgan fingerprint density at radius 1 is 1.24 bits per heavy atom. The second-order valence-corrected chi connectivity index (χ2v) is 6.14. The number of aromatic nitrogens is 1. The smallest absolute Gasteiger partial charge is 0.191 e. The fourth-order valence-electron chi connectivity index (χ4n) is 2.42. The van der Waals surface area contributed by atoms with Gasteiger partial charge in [-0.25, -0.2) is 0 Å². The summed E-state index contributed by atoms with van der Waals surface area (Å²) in [5.74, 6) is 2.46. The fraction of sp³-hybridized carbons (Fsp3) is 0.368. The van der Waals surface area contributed by atoms with Crippen LogP contribution in [0.4, 0.5) is 0 Å². The number of benzene rings is 1. The number of nitrogens with one attached hydrogen (secondary N) is 2. The lowest BCUT2D eigenvalue weighted by Crippen LogP contribution is -2.38. The van der Waals surface area contributed by atoms with Gasteiger partial charge in [-0.1, -0.05) is 25.1 Å². The van der Waals surface area contributed by atoms with Crippen LogP contribution in [0.15, 0.2) is 53.7 Å². The van der Waals surface area contributed by atoms with Gasteiger partial charge >= 0.3 is 0 Å². The van der Waals surface area contributed by atoms with Crippen molar-refractivity contribution in [2.45, 2.75) is 32.5 Å². The molecule has 2 aromatic rings. The maximum absolute atomic E-state index is 5.75. The van der Waals surface area contributed by atoms with E-state index >= 15 is 0 Å². The normalized spacial score (nSPS) is 18.9. The van der Waals surface area contributed by atoms with Crippen molar-refractivity contribution in [1.82, 2.24) is 15.6 Å². The fourth-order valence-corrected chi connectivity index (χ4v) is 2.42. The number of ether oxygens (including phenoxy) is 1. The van der Waals surface area contributed by atoms with E-state index in [1.54, 1.807) is 13.2 Å². The highest BCUT2D eigenvalue weighted by atomic mass is 127. The van der Waals surface area contributed by atoms with E-state index in [9.17, 15) is 0 Å². The number of guanidine groups is 1. The van der Waals surface area contributed by atoms with Crippen molar-refractivity contribution in [3.63, 3.8) is 0 Å². The Morgan fingerprint density at radius 3 is 2.60 bits per heavy atom. The largest absolute Gasteiger partial charge is 0.487 e. The Kier molecular flexibility index (Phi) is 7.49. The quantitative estimate of drug-likeness (QED) is 0.401. The van der Waals surface area contributed by atoms with Gasteiger partial charge in [0.15, 0.2) is 5.96 Å². The summed E-state index contributed by atoms with van der Waals surface area (Å²) in [6, 6.07) is 14.5. The summed E-state index contributed by atoms with van der Waals surface area (Å²) >= 11 is 0. The SMILES string of the molecule is CN=C(NCc1ccc(OCc2ccccn2)cc1)NC1CC1C.I. The molecule has 1 aliphatic rings. The molecular formula is C19H25IN4O. The van der Waals surface area contributed by atoms with E-state index in [2.05, 4.69) is 39.7 Å². The lowest BCUT2D eigenvalue weighted by atomic mass is 10.2. The number of nitrogens with zero attached hydrogens (tertiary/aromatic N) is 2. The summed E-state index contributed by atoms with van der Waals surface area (Å²) in [5.41, 5.74) is 2.11. The highest BCUT2D eigenvalue weighted by molar-refractivity contribution is 14.0. The average Bonchev–Trinajstić information content (AvgIpc) is 3.33. The highest BCUT2D eigenvalue weighted by Gasteiger charge is 2.33. The predicted octanol–water partition coefficient (Wildman–Crippen LogP) is 3.35. The third-order valence-electron chi connectivity index (χ3n) is 4.15. The van der Waals surface area contributed by atoms with Crippen molar-refractivity contribution < 1.29 is 4.74 Å². The molecule has 1 aromatic heterocycles. The molecular weight excluding hydrogens is 427 g/mol. The van der Waals surface area contributed by atoms with Crippen LogP contribution in [-0.2, 0) is 13.2 Å². The van der Waals surface area contributed by atoms with E-state index in [0.717, 1.165) is 29.9 Å². The summed E-state index contributed by atoms with van der Waals surface area (Å²) in [6.07, 6.45) is 3.00. The third kappa shape index (κ3) is 6.19. The number of pyridine rings is 1. The molecule has 0 radical (unpaired) electrons. The first-order valence-corrected chi connectivity index (χ1v) is 8.33. The summed E-state index contributed by atoms with van der Waals surface area (Å²) in [5, 5.41) is 6.76. The van der Waals surface area contributed by atoms with Crippen LogP contribution in [0.3, 0.4) is 0 Å². The molecule has 1 saturated carbocycles. The van der Waals surface area contributed by atoms with Crippen LogP contribution in [0.25, 0.3) is 0 Å². The molecule has 6 heteroatoms. The second kappa shape index (κ2) is 9.60. The average molecular weight is 452 g/mol. The minimum atomic E-state index is 0. The van der Waals surface area contributed by atoms with E-state index in [1.165, 1.54) is 12.0 Å². The van der Waals surface area contributed by atoms with E-state index in [1.807, 2.05) is 30.3 Å². The molecule has 0 aliphatic heterocycles. The van der Waals surface area contributed by atoms with Gasteiger partial charge in [0.25, 0.3) is 0 Å². The monoisotopic (exact) mass is 452 g/mol. The van der Waals surface area contributed by atoms with Crippen molar-refractivity contribution in [3.05, 3.63) is 59.9 Å². The van der Waals surface area contributed by atoms with Gasteiger partial charge in [-0.2, -0.15) is 0 Å². The van der Waals surface area contributed by atoms with Gasteiger partial charge in [-0.05, 0) is 42.2 Å². The topological polar surface area (TPSA) is 58.5 Å². The van der Waals surface area contributed by atoms with Crippen LogP contribution in [-0.4, -0.2) is 24.0 Å². The first kappa shape index (κ1) is 19.5. The van der Waals surface area contributed by atoms with Gasteiger partial charge in [0.1, 0.15) is 12.4 Å². The van der Waals surface area contributed by atoms with Gasteiger partial charge in [0.05, 0.1) is 5.69 Å². The second-order valence-electron chi connectivity index (χ2n) is 6.14. The zero-order chi connectivity index (χ0) is 16.8. The van der Waals surface area contributed by atoms with Crippen molar-refractivity contribution in [2.75, 3.05) is 7.05 Å². The standard InChI is InChI=1S/C19H24N4O.HI/c1-14-11-18(14)23-19(20-2)22-12-15-6-8-17(9-7-15)24-13-16-5-3-4-10-21-16;/h3-10,14,18H,11-13H2,1-2H3,(H2,20,22,23);1H. The molecule has 1 aromatic carbocycles. The third-order valence-corrected chi connectivity index (χ3v) is 4.15. The number of hydrogen-bond donors (Lipinski definition) is 2. The van der Waals surface area contributed by atoms with Gasteiger partial charge in [0, 0.05) is 25.8 Å². The van der Waals surface area contributed by atoms with E-state index in [0.29, 0.717) is 12.6 Å². The van der Waals surface area contributed by atoms with E-state index in [4.69, 9.17) is 4.74 Å². The van der Waals surface area contributed by atoms with Gasteiger partial charge in [-0.15, -0.1) is 24.0 Å². The minimum Gasteiger partial charge on any atom is -0.487 e. The van der Waals surface area contributed by atoms with Crippen LogP contribution in [0.5, 0.6) is 5.75 Å².